The van der Waals surface area contributed by atoms with Gasteiger partial charge in [0, 0.05) is 6.04 Å². The Morgan fingerprint density at radius 2 is 1.90 bits per heavy atom. The highest BCUT2D eigenvalue weighted by Gasteiger charge is 2.20. The summed E-state index contributed by atoms with van der Waals surface area (Å²) in [7, 11) is 0. The average Bonchev–Trinajstić information content (AvgIpc) is 2.41. The summed E-state index contributed by atoms with van der Waals surface area (Å²) >= 11 is 0. The summed E-state index contributed by atoms with van der Waals surface area (Å²) in [5.41, 5.74) is -0.167. The lowest BCUT2D eigenvalue weighted by Gasteiger charge is -2.24. The van der Waals surface area contributed by atoms with Crippen LogP contribution in [0.3, 0.4) is 0 Å². The first kappa shape index (κ1) is 16.6. The van der Waals surface area contributed by atoms with E-state index in [-0.39, 0.29) is 11.6 Å². The second-order valence-corrected chi connectivity index (χ2v) is 4.67. The van der Waals surface area contributed by atoms with E-state index in [1.54, 1.807) is 13.8 Å². The van der Waals surface area contributed by atoms with Crippen molar-refractivity contribution in [1.29, 1.82) is 0 Å². The van der Waals surface area contributed by atoms with Gasteiger partial charge in [0.1, 0.15) is 12.4 Å². The van der Waals surface area contributed by atoms with Gasteiger partial charge in [0.15, 0.2) is 0 Å². The molecule has 0 aliphatic carbocycles. The van der Waals surface area contributed by atoms with Crippen LogP contribution in [0, 0.1) is 5.82 Å². The highest BCUT2D eigenvalue weighted by Crippen LogP contribution is 2.06. The second-order valence-electron chi connectivity index (χ2n) is 4.67. The second kappa shape index (κ2) is 7.37. The Labute approximate surface area is 121 Å². The molecule has 0 atom stereocenters. The highest BCUT2D eigenvalue weighted by atomic mass is 19.1. The molecule has 0 bridgehead atoms. The maximum atomic E-state index is 13.4. The summed E-state index contributed by atoms with van der Waals surface area (Å²) in [5, 5.41) is 11.0. The maximum absolute atomic E-state index is 13.4. The van der Waals surface area contributed by atoms with Crippen molar-refractivity contribution < 1.29 is 23.9 Å². The molecule has 7 heteroatoms. The lowest BCUT2D eigenvalue weighted by molar-refractivity contribution is -0.145. The molecule has 21 heavy (non-hydrogen) atoms. The van der Waals surface area contributed by atoms with Gasteiger partial charge in [-0.2, -0.15) is 0 Å². The van der Waals surface area contributed by atoms with Crippen molar-refractivity contribution in [2.45, 2.75) is 19.9 Å². The molecule has 0 spiro atoms. The monoisotopic (exact) mass is 296 g/mol. The molecule has 0 heterocycles. The van der Waals surface area contributed by atoms with E-state index in [2.05, 4.69) is 5.32 Å². The number of carboxylic acids is 1. The smallest absolute Gasteiger partial charge is 0.323 e. The van der Waals surface area contributed by atoms with Crippen molar-refractivity contribution >= 4 is 17.8 Å². The zero-order valence-corrected chi connectivity index (χ0v) is 11.8. The van der Waals surface area contributed by atoms with E-state index in [1.807, 2.05) is 0 Å². The van der Waals surface area contributed by atoms with Gasteiger partial charge in [0.05, 0.1) is 12.1 Å². The first-order chi connectivity index (χ1) is 9.82. The van der Waals surface area contributed by atoms with Crippen LogP contribution in [0.25, 0.3) is 0 Å². The minimum Gasteiger partial charge on any atom is -0.480 e. The number of hydrogen-bond acceptors (Lipinski definition) is 3. The molecular formula is C14H17FN2O4. The van der Waals surface area contributed by atoms with Crippen LogP contribution < -0.4 is 5.32 Å². The molecule has 1 aromatic rings. The molecule has 0 saturated carbocycles. The molecule has 2 N–H and O–H groups in total. The van der Waals surface area contributed by atoms with Crippen LogP contribution in [0.1, 0.15) is 24.2 Å². The largest absolute Gasteiger partial charge is 0.480 e. The summed E-state index contributed by atoms with van der Waals surface area (Å²) in [5.74, 6) is -3.09. The van der Waals surface area contributed by atoms with Gasteiger partial charge in [-0.1, -0.05) is 12.1 Å². The van der Waals surface area contributed by atoms with Crippen LogP contribution in [0.5, 0.6) is 0 Å². The van der Waals surface area contributed by atoms with Crippen molar-refractivity contribution in [2.24, 2.45) is 0 Å². The minimum atomic E-state index is -1.14. The van der Waals surface area contributed by atoms with Crippen molar-refractivity contribution in [3.8, 4) is 0 Å². The summed E-state index contributed by atoms with van der Waals surface area (Å²) < 4.78 is 13.4. The molecule has 0 aromatic heterocycles. The Hall–Kier alpha value is -2.44. The number of carboxylic acid groups (broad SMARTS) is 1. The fourth-order valence-corrected chi connectivity index (χ4v) is 1.70. The van der Waals surface area contributed by atoms with Gasteiger partial charge in [-0.05, 0) is 26.0 Å². The summed E-state index contributed by atoms with van der Waals surface area (Å²) in [6.07, 6.45) is 0. The number of carbonyl (C=O) groups is 3. The topological polar surface area (TPSA) is 86.7 Å². The van der Waals surface area contributed by atoms with Gasteiger partial charge in [0.2, 0.25) is 5.91 Å². The van der Waals surface area contributed by atoms with Crippen LogP contribution in [-0.2, 0) is 9.59 Å². The number of benzene rings is 1. The summed E-state index contributed by atoms with van der Waals surface area (Å²) in [6.45, 7) is 2.49. The van der Waals surface area contributed by atoms with Crippen molar-refractivity contribution in [1.82, 2.24) is 10.2 Å². The maximum Gasteiger partial charge on any atom is 0.323 e. The molecule has 0 fully saturated rings. The number of nitrogens with one attached hydrogen (secondary N) is 1. The van der Waals surface area contributed by atoms with Gasteiger partial charge in [-0.15, -0.1) is 0 Å². The number of nitrogens with zero attached hydrogens (tertiary/aromatic N) is 1. The Kier molecular flexibility index (Phi) is 5.83. The van der Waals surface area contributed by atoms with E-state index >= 15 is 0 Å². The number of hydrogen-bond donors (Lipinski definition) is 2. The quantitative estimate of drug-likeness (QED) is 0.815. The third-order valence-corrected chi connectivity index (χ3v) is 2.77. The number of amides is 2. The molecule has 6 nitrogen and oxygen atoms in total. The minimum absolute atomic E-state index is 0.167. The van der Waals surface area contributed by atoms with Crippen LogP contribution in [0.15, 0.2) is 24.3 Å². The molecule has 0 aliphatic rings. The van der Waals surface area contributed by atoms with Crippen molar-refractivity contribution in [3.05, 3.63) is 35.6 Å². The number of carbonyl (C=O) groups excluding carboxylic acids is 2. The van der Waals surface area contributed by atoms with E-state index in [0.717, 1.165) is 11.0 Å². The van der Waals surface area contributed by atoms with Gasteiger partial charge < -0.3 is 15.3 Å². The standard InChI is InChI=1S/C14H17FN2O4/c1-9(2)17(8-13(19)20)12(18)7-16-14(21)10-5-3-4-6-11(10)15/h3-6,9H,7-8H2,1-2H3,(H,16,21)(H,19,20). The highest BCUT2D eigenvalue weighted by molar-refractivity contribution is 5.96. The van der Waals surface area contributed by atoms with Gasteiger partial charge >= 0.3 is 5.97 Å². The van der Waals surface area contributed by atoms with E-state index in [4.69, 9.17) is 5.11 Å². The first-order valence-electron chi connectivity index (χ1n) is 6.37. The van der Waals surface area contributed by atoms with E-state index in [0.29, 0.717) is 0 Å². The fourth-order valence-electron chi connectivity index (χ4n) is 1.70. The molecule has 2 amide bonds. The summed E-state index contributed by atoms with van der Waals surface area (Å²) in [6, 6.07) is 5.07. The zero-order valence-electron chi connectivity index (χ0n) is 11.8. The first-order valence-corrected chi connectivity index (χ1v) is 6.37. The van der Waals surface area contributed by atoms with Crippen LogP contribution in [0.2, 0.25) is 0 Å². The fraction of sp³-hybridized carbons (Fsp3) is 0.357. The molecule has 0 unspecified atom stereocenters. The zero-order chi connectivity index (χ0) is 16.0. The molecule has 0 aliphatic heterocycles. The van der Waals surface area contributed by atoms with Gasteiger partial charge in [-0.3, -0.25) is 14.4 Å². The third-order valence-electron chi connectivity index (χ3n) is 2.77. The Morgan fingerprint density at radius 1 is 1.29 bits per heavy atom. The van der Waals surface area contributed by atoms with Crippen LogP contribution in [0.4, 0.5) is 4.39 Å². The van der Waals surface area contributed by atoms with Gasteiger partial charge in [0.25, 0.3) is 5.91 Å². The lowest BCUT2D eigenvalue weighted by Crippen LogP contribution is -2.46. The lowest BCUT2D eigenvalue weighted by atomic mass is 10.2. The number of rotatable bonds is 6. The average molecular weight is 296 g/mol. The SMILES string of the molecule is CC(C)N(CC(=O)O)C(=O)CNC(=O)c1ccccc1F. The molecule has 1 rings (SSSR count). The van der Waals surface area contributed by atoms with E-state index in [1.165, 1.54) is 18.2 Å². The van der Waals surface area contributed by atoms with Crippen LogP contribution in [-0.4, -0.2) is 46.9 Å². The van der Waals surface area contributed by atoms with E-state index < -0.39 is 36.7 Å². The Balaban J connectivity index is 2.65. The number of halogens is 1. The van der Waals surface area contributed by atoms with E-state index in [9.17, 15) is 18.8 Å². The van der Waals surface area contributed by atoms with Crippen molar-refractivity contribution in [2.75, 3.05) is 13.1 Å². The Morgan fingerprint density at radius 3 is 2.43 bits per heavy atom. The third kappa shape index (κ3) is 4.87. The molecule has 114 valence electrons. The predicted molar refractivity (Wildman–Crippen MR) is 73.2 cm³/mol. The van der Waals surface area contributed by atoms with Gasteiger partial charge in [-0.25, -0.2) is 4.39 Å². The molecule has 1 aromatic carbocycles. The normalized spacial score (nSPS) is 10.3. The van der Waals surface area contributed by atoms with Crippen molar-refractivity contribution in [3.63, 3.8) is 0 Å². The van der Waals surface area contributed by atoms with Crippen LogP contribution >= 0.6 is 0 Å². The molecule has 0 radical (unpaired) electrons. The summed E-state index contributed by atoms with van der Waals surface area (Å²) in [4.78, 5) is 35.4. The molecule has 0 saturated heterocycles. The predicted octanol–water partition coefficient (Wildman–Crippen LogP) is 0.877. The molecular weight excluding hydrogens is 279 g/mol. The number of aliphatic carboxylic acids is 1. The Bertz CT molecular complexity index is 546.